The molecule has 184 valence electrons. The van der Waals surface area contributed by atoms with Gasteiger partial charge in [0.1, 0.15) is 6.04 Å². The quantitative estimate of drug-likeness (QED) is 0.610. The number of nitrogens with one attached hydrogen (secondary N) is 1. The number of carbonyl (C=O) groups excluding carboxylic acids is 1. The van der Waals surface area contributed by atoms with Crippen LogP contribution in [0.3, 0.4) is 0 Å². The summed E-state index contributed by atoms with van der Waals surface area (Å²) in [7, 11) is -2.64. The summed E-state index contributed by atoms with van der Waals surface area (Å²) in [5, 5.41) is 12.2. The fourth-order valence-corrected chi connectivity index (χ4v) is 6.29. The average molecular weight is 492 g/mol. The Kier molecular flexibility index (Phi) is 7.27. The highest BCUT2D eigenvalue weighted by Gasteiger charge is 2.47. The summed E-state index contributed by atoms with van der Waals surface area (Å²) in [4.78, 5) is 24.9. The molecule has 1 aliphatic heterocycles. The number of carbonyl (C=O) groups is 2. The van der Waals surface area contributed by atoms with Crippen molar-refractivity contribution in [3.63, 3.8) is 0 Å². The van der Waals surface area contributed by atoms with Gasteiger partial charge in [-0.15, -0.1) is 0 Å². The first-order valence-corrected chi connectivity index (χ1v) is 12.2. The van der Waals surface area contributed by atoms with Gasteiger partial charge in [0, 0.05) is 26.2 Å². The van der Waals surface area contributed by atoms with Gasteiger partial charge in [-0.2, -0.15) is 17.5 Å². The molecule has 33 heavy (non-hydrogen) atoms. The topological polar surface area (TPSA) is 107 Å². The van der Waals surface area contributed by atoms with E-state index < -0.39 is 39.8 Å². The number of likely N-dealkylation sites (N-methyl/N-ethyl adjacent to an activating group) is 1. The fourth-order valence-electron chi connectivity index (χ4n) is 4.75. The van der Waals surface area contributed by atoms with E-state index in [2.05, 4.69) is 5.32 Å². The predicted molar refractivity (Wildman–Crippen MR) is 113 cm³/mol. The predicted octanol–water partition coefficient (Wildman–Crippen LogP) is 3.00. The van der Waals surface area contributed by atoms with E-state index >= 15 is 0 Å². The third-order valence-electron chi connectivity index (χ3n) is 6.60. The van der Waals surface area contributed by atoms with Gasteiger partial charge in [0.15, 0.2) is 0 Å². The number of amides is 2. The van der Waals surface area contributed by atoms with Crippen molar-refractivity contribution in [2.75, 3.05) is 20.1 Å². The summed E-state index contributed by atoms with van der Waals surface area (Å²) in [5.74, 6) is -0.534. The lowest BCUT2D eigenvalue weighted by Crippen LogP contribution is -2.51. The van der Waals surface area contributed by atoms with Gasteiger partial charge in [0.25, 0.3) is 0 Å². The number of alkyl halides is 3. The average Bonchev–Trinajstić information content (AvgIpc) is 3.33. The summed E-state index contributed by atoms with van der Waals surface area (Å²) in [6, 6.07) is 2.29. The second-order valence-electron chi connectivity index (χ2n) is 8.66. The normalized spacial score (nSPS) is 24.3. The number of benzene rings is 1. The zero-order valence-electron chi connectivity index (χ0n) is 18.4. The van der Waals surface area contributed by atoms with Crippen molar-refractivity contribution in [2.45, 2.75) is 55.8 Å². The molecule has 2 fully saturated rings. The highest BCUT2D eigenvalue weighted by Crippen LogP contribution is 2.40. The monoisotopic (exact) mass is 491 g/mol. The van der Waals surface area contributed by atoms with Crippen molar-refractivity contribution in [3.05, 3.63) is 29.8 Å². The van der Waals surface area contributed by atoms with Crippen LogP contribution < -0.4 is 5.32 Å². The van der Waals surface area contributed by atoms with E-state index in [-0.39, 0.29) is 35.9 Å². The summed E-state index contributed by atoms with van der Waals surface area (Å²) in [5.41, 5.74) is -0.921. The smallest absolute Gasteiger partial charge is 0.416 e. The fraction of sp³-hybridized carbons (Fsp3) is 0.619. The van der Waals surface area contributed by atoms with Gasteiger partial charge < -0.3 is 10.4 Å². The molecule has 0 bridgehead atoms. The number of hydrogen-bond donors (Lipinski definition) is 2. The molecular formula is C21H28F3N3O5S. The number of halogens is 3. The van der Waals surface area contributed by atoms with Crippen molar-refractivity contribution >= 4 is 22.0 Å². The molecule has 1 aromatic carbocycles. The molecule has 0 aromatic heterocycles. The lowest BCUT2D eigenvalue weighted by Gasteiger charge is -2.28. The van der Waals surface area contributed by atoms with E-state index in [0.29, 0.717) is 25.7 Å². The number of sulfonamides is 1. The highest BCUT2D eigenvalue weighted by molar-refractivity contribution is 7.89. The Bertz CT molecular complexity index is 984. The maximum Gasteiger partial charge on any atom is 0.416 e. The first-order valence-electron chi connectivity index (χ1n) is 10.8. The molecule has 2 aliphatic rings. The van der Waals surface area contributed by atoms with Crippen LogP contribution in [0.1, 0.15) is 38.2 Å². The molecule has 12 heteroatoms. The summed E-state index contributed by atoms with van der Waals surface area (Å²) in [6.07, 6.45) is -3.42. The maximum atomic E-state index is 13.0. The number of hydrogen-bond acceptors (Lipinski definition) is 4. The van der Waals surface area contributed by atoms with Crippen LogP contribution >= 0.6 is 0 Å². The molecule has 2 amide bonds. The summed E-state index contributed by atoms with van der Waals surface area (Å²) >= 11 is 0. The van der Waals surface area contributed by atoms with Crippen molar-refractivity contribution < 1.29 is 36.3 Å². The van der Waals surface area contributed by atoms with E-state index in [4.69, 9.17) is 0 Å². The zero-order valence-corrected chi connectivity index (χ0v) is 19.2. The molecule has 1 aliphatic carbocycles. The number of fused-ring (bicyclic) bond motifs is 1. The molecule has 1 saturated carbocycles. The lowest BCUT2D eigenvalue weighted by atomic mass is 9.97. The standard InChI is InChI=1S/C21H28F3N3O5S/c1-3-4-18(26(2)20(29)30)19(28)25-17-10-5-13-11-27(12-16(13)17)33(31,32)15-8-6-14(7-9-15)21(22,23)24/h6-9,13,16-18H,3-5,10-12H2,1-2H3,(H,25,28)(H,29,30)/t13-,16+,17+,18?/m1/s1. The van der Waals surface area contributed by atoms with Crippen LogP contribution in [0.2, 0.25) is 0 Å². The minimum atomic E-state index is -4.55. The first-order chi connectivity index (χ1) is 15.4. The zero-order chi connectivity index (χ0) is 24.6. The van der Waals surface area contributed by atoms with Crippen LogP contribution in [0.5, 0.6) is 0 Å². The number of nitrogens with zero attached hydrogens (tertiary/aromatic N) is 2. The minimum Gasteiger partial charge on any atom is -0.465 e. The van der Waals surface area contributed by atoms with Gasteiger partial charge in [0.05, 0.1) is 10.5 Å². The van der Waals surface area contributed by atoms with Crippen LogP contribution in [0.25, 0.3) is 0 Å². The molecule has 1 unspecified atom stereocenters. The van der Waals surface area contributed by atoms with Gasteiger partial charge in [-0.25, -0.2) is 13.2 Å². The third-order valence-corrected chi connectivity index (χ3v) is 8.45. The Morgan fingerprint density at radius 2 is 1.85 bits per heavy atom. The van der Waals surface area contributed by atoms with E-state index in [1.807, 2.05) is 6.92 Å². The van der Waals surface area contributed by atoms with E-state index in [1.54, 1.807) is 0 Å². The van der Waals surface area contributed by atoms with Gasteiger partial charge in [-0.1, -0.05) is 13.3 Å². The van der Waals surface area contributed by atoms with E-state index in [9.17, 15) is 36.3 Å². The number of rotatable bonds is 7. The van der Waals surface area contributed by atoms with Crippen LogP contribution in [-0.2, 0) is 21.0 Å². The van der Waals surface area contributed by atoms with Crippen molar-refractivity contribution in [3.8, 4) is 0 Å². The molecule has 0 radical (unpaired) electrons. The SMILES string of the molecule is CCCC(C(=O)N[C@H]1CC[C@@H]2CN(S(=O)(=O)c3ccc(C(F)(F)F)cc3)C[C@@H]21)N(C)C(=O)O. The van der Waals surface area contributed by atoms with Gasteiger partial charge in [-0.3, -0.25) is 9.69 Å². The van der Waals surface area contributed by atoms with Crippen LogP contribution in [-0.4, -0.2) is 67.0 Å². The Morgan fingerprint density at radius 3 is 2.39 bits per heavy atom. The maximum absolute atomic E-state index is 13.0. The molecule has 1 heterocycles. The van der Waals surface area contributed by atoms with Gasteiger partial charge >= 0.3 is 12.3 Å². The number of carboxylic acid groups (broad SMARTS) is 1. The lowest BCUT2D eigenvalue weighted by molar-refractivity contribution is -0.137. The second kappa shape index (κ2) is 9.49. The third kappa shape index (κ3) is 5.26. The molecule has 8 nitrogen and oxygen atoms in total. The highest BCUT2D eigenvalue weighted by atomic mass is 32.2. The second-order valence-corrected chi connectivity index (χ2v) is 10.6. The van der Waals surface area contributed by atoms with E-state index in [0.717, 1.165) is 29.2 Å². The molecule has 1 aromatic rings. The van der Waals surface area contributed by atoms with Crippen LogP contribution in [0.4, 0.5) is 18.0 Å². The first kappa shape index (κ1) is 25.3. The summed E-state index contributed by atoms with van der Waals surface area (Å²) < 4.78 is 65.6. The molecule has 0 spiro atoms. The van der Waals surface area contributed by atoms with Crippen molar-refractivity contribution in [1.82, 2.24) is 14.5 Å². The Labute approximate surface area is 190 Å². The van der Waals surface area contributed by atoms with Crippen molar-refractivity contribution in [1.29, 1.82) is 0 Å². The van der Waals surface area contributed by atoms with Gasteiger partial charge in [0.2, 0.25) is 15.9 Å². The van der Waals surface area contributed by atoms with Crippen LogP contribution in [0.15, 0.2) is 29.2 Å². The largest absolute Gasteiger partial charge is 0.465 e. The Hall–Kier alpha value is -2.34. The molecule has 2 N–H and O–H groups in total. The Morgan fingerprint density at radius 1 is 1.21 bits per heavy atom. The molecular weight excluding hydrogens is 463 g/mol. The minimum absolute atomic E-state index is 0.0151. The molecule has 4 atom stereocenters. The Balaban J connectivity index is 1.70. The van der Waals surface area contributed by atoms with Gasteiger partial charge in [-0.05, 0) is 55.4 Å². The molecule has 1 saturated heterocycles. The van der Waals surface area contributed by atoms with E-state index in [1.165, 1.54) is 11.4 Å². The van der Waals surface area contributed by atoms with Crippen LogP contribution in [0, 0.1) is 11.8 Å². The van der Waals surface area contributed by atoms with Crippen molar-refractivity contribution in [2.24, 2.45) is 11.8 Å². The summed E-state index contributed by atoms with van der Waals surface area (Å²) in [6.45, 7) is 2.22. The molecule has 3 rings (SSSR count).